The van der Waals surface area contributed by atoms with Gasteiger partial charge in [0.1, 0.15) is 5.75 Å². The molecule has 3 rings (SSSR count). The maximum atomic E-state index is 12.9. The van der Waals surface area contributed by atoms with E-state index >= 15 is 0 Å². The van der Waals surface area contributed by atoms with Crippen LogP contribution in [0.4, 0.5) is 5.69 Å². The fourth-order valence-corrected chi connectivity index (χ4v) is 3.04. The van der Waals surface area contributed by atoms with Crippen LogP contribution in [0.5, 0.6) is 5.75 Å². The summed E-state index contributed by atoms with van der Waals surface area (Å²) in [4.78, 5) is 27.1. The van der Waals surface area contributed by atoms with E-state index in [4.69, 9.17) is 4.74 Å². The molecule has 0 spiro atoms. The number of methoxy groups -OCH3 is 1. The topological polar surface area (TPSA) is 58.6 Å². The summed E-state index contributed by atoms with van der Waals surface area (Å²) in [6.07, 6.45) is 0.215. The molecule has 1 N–H and O–H groups in total. The molecule has 3 aromatic carbocycles. The predicted octanol–water partition coefficient (Wildman–Crippen LogP) is 4.15. The molecule has 0 saturated carbocycles. The van der Waals surface area contributed by atoms with Gasteiger partial charge in [-0.05, 0) is 35.4 Å². The molecule has 0 radical (unpaired) electrons. The fraction of sp³-hybridized carbons (Fsp3) is 0.167. The largest absolute Gasteiger partial charge is 0.497 e. The van der Waals surface area contributed by atoms with Gasteiger partial charge in [0.2, 0.25) is 5.91 Å². The van der Waals surface area contributed by atoms with Crippen LogP contribution in [0, 0.1) is 0 Å². The number of rotatable bonds is 7. The Balaban J connectivity index is 1.68. The molecule has 0 aromatic heterocycles. The molecule has 2 amide bonds. The van der Waals surface area contributed by atoms with Crippen molar-refractivity contribution in [2.45, 2.75) is 13.0 Å². The first-order valence-corrected chi connectivity index (χ1v) is 9.38. The summed E-state index contributed by atoms with van der Waals surface area (Å²) in [5.74, 6) is 0.418. The average Bonchev–Trinajstić information content (AvgIpc) is 2.75. The Bertz CT molecular complexity index is 969. The van der Waals surface area contributed by atoms with Gasteiger partial charge in [-0.25, -0.2) is 0 Å². The summed E-state index contributed by atoms with van der Waals surface area (Å²) in [7, 11) is 3.36. The minimum Gasteiger partial charge on any atom is -0.497 e. The third kappa shape index (κ3) is 5.45. The molecule has 0 heterocycles. The highest BCUT2D eigenvalue weighted by Crippen LogP contribution is 2.19. The Labute approximate surface area is 170 Å². The molecule has 3 aromatic rings. The van der Waals surface area contributed by atoms with E-state index in [0.29, 0.717) is 17.8 Å². The molecule has 0 unspecified atom stereocenters. The molecule has 0 saturated heterocycles. The highest BCUT2D eigenvalue weighted by Gasteiger charge is 2.17. The number of nitrogens with one attached hydrogen (secondary N) is 1. The molecule has 0 atom stereocenters. The Morgan fingerprint density at radius 2 is 1.52 bits per heavy atom. The van der Waals surface area contributed by atoms with E-state index in [2.05, 4.69) is 5.32 Å². The molecule has 0 aliphatic carbocycles. The SMILES string of the molecule is COc1ccc(CC(=O)Nc2ccccc2C(=O)N(C)Cc2ccccc2)cc1. The first-order chi connectivity index (χ1) is 14.1. The van der Waals surface area contributed by atoms with Gasteiger partial charge >= 0.3 is 0 Å². The summed E-state index contributed by atoms with van der Waals surface area (Å²) in [5.41, 5.74) is 2.89. The number of para-hydroxylation sites is 1. The second-order valence-electron chi connectivity index (χ2n) is 6.77. The third-order valence-electron chi connectivity index (χ3n) is 4.56. The van der Waals surface area contributed by atoms with E-state index in [1.807, 2.05) is 54.6 Å². The first-order valence-electron chi connectivity index (χ1n) is 9.38. The number of carbonyl (C=O) groups is 2. The predicted molar refractivity (Wildman–Crippen MR) is 114 cm³/mol. The van der Waals surface area contributed by atoms with Crippen molar-refractivity contribution in [3.63, 3.8) is 0 Å². The lowest BCUT2D eigenvalue weighted by molar-refractivity contribution is -0.115. The minimum atomic E-state index is -0.180. The van der Waals surface area contributed by atoms with Crippen LogP contribution in [0.2, 0.25) is 0 Å². The van der Waals surface area contributed by atoms with Crippen molar-refractivity contribution in [1.82, 2.24) is 4.90 Å². The number of benzene rings is 3. The zero-order valence-corrected chi connectivity index (χ0v) is 16.6. The van der Waals surface area contributed by atoms with Crippen molar-refractivity contribution in [3.8, 4) is 5.75 Å². The number of carbonyl (C=O) groups excluding carboxylic acids is 2. The smallest absolute Gasteiger partial charge is 0.256 e. The third-order valence-corrected chi connectivity index (χ3v) is 4.56. The molecular weight excluding hydrogens is 364 g/mol. The maximum Gasteiger partial charge on any atom is 0.256 e. The summed E-state index contributed by atoms with van der Waals surface area (Å²) in [5, 5.41) is 2.87. The van der Waals surface area contributed by atoms with Gasteiger partial charge in [0.05, 0.1) is 24.8 Å². The zero-order valence-electron chi connectivity index (χ0n) is 16.6. The van der Waals surface area contributed by atoms with Gasteiger partial charge in [-0.1, -0.05) is 54.6 Å². The number of hydrogen-bond acceptors (Lipinski definition) is 3. The quantitative estimate of drug-likeness (QED) is 0.662. The van der Waals surface area contributed by atoms with E-state index < -0.39 is 0 Å². The summed E-state index contributed by atoms with van der Waals surface area (Å²) in [6, 6.07) is 24.2. The van der Waals surface area contributed by atoms with Gasteiger partial charge in [0.25, 0.3) is 5.91 Å². The van der Waals surface area contributed by atoms with Crippen LogP contribution < -0.4 is 10.1 Å². The van der Waals surface area contributed by atoms with Crippen molar-refractivity contribution in [2.75, 3.05) is 19.5 Å². The van der Waals surface area contributed by atoms with Crippen LogP contribution in [-0.4, -0.2) is 30.9 Å². The maximum absolute atomic E-state index is 12.9. The van der Waals surface area contributed by atoms with E-state index in [0.717, 1.165) is 16.9 Å². The van der Waals surface area contributed by atoms with Gasteiger partial charge in [-0.15, -0.1) is 0 Å². The fourth-order valence-electron chi connectivity index (χ4n) is 3.04. The Morgan fingerprint density at radius 1 is 0.862 bits per heavy atom. The lowest BCUT2D eigenvalue weighted by Crippen LogP contribution is -2.27. The zero-order chi connectivity index (χ0) is 20.6. The van der Waals surface area contributed by atoms with Crippen molar-refractivity contribution < 1.29 is 14.3 Å². The second kappa shape index (κ2) is 9.55. The number of amides is 2. The second-order valence-corrected chi connectivity index (χ2v) is 6.77. The number of ether oxygens (including phenoxy) is 1. The molecule has 0 aliphatic rings. The minimum absolute atomic E-state index is 0.144. The lowest BCUT2D eigenvalue weighted by Gasteiger charge is -2.19. The molecular formula is C24H24N2O3. The highest BCUT2D eigenvalue weighted by molar-refractivity contribution is 6.04. The average molecular weight is 388 g/mol. The first kappa shape index (κ1) is 20.1. The highest BCUT2D eigenvalue weighted by atomic mass is 16.5. The number of hydrogen-bond donors (Lipinski definition) is 1. The molecule has 148 valence electrons. The van der Waals surface area contributed by atoms with Crippen LogP contribution in [0.3, 0.4) is 0 Å². The molecule has 0 fully saturated rings. The Kier molecular flexibility index (Phi) is 6.63. The van der Waals surface area contributed by atoms with Crippen LogP contribution in [0.25, 0.3) is 0 Å². The number of nitrogens with zero attached hydrogens (tertiary/aromatic N) is 1. The van der Waals surface area contributed by atoms with Gasteiger partial charge in [0.15, 0.2) is 0 Å². The van der Waals surface area contributed by atoms with E-state index in [-0.39, 0.29) is 18.2 Å². The molecule has 0 bridgehead atoms. The van der Waals surface area contributed by atoms with Crippen LogP contribution >= 0.6 is 0 Å². The van der Waals surface area contributed by atoms with Gasteiger partial charge in [-0.3, -0.25) is 9.59 Å². The van der Waals surface area contributed by atoms with Crippen molar-refractivity contribution >= 4 is 17.5 Å². The van der Waals surface area contributed by atoms with Crippen LogP contribution in [-0.2, 0) is 17.8 Å². The molecule has 0 aliphatic heterocycles. The Hall–Kier alpha value is -3.60. The monoisotopic (exact) mass is 388 g/mol. The lowest BCUT2D eigenvalue weighted by atomic mass is 10.1. The standard InChI is InChI=1S/C24H24N2O3/c1-26(17-19-8-4-3-5-9-19)24(28)21-10-6-7-11-22(21)25-23(27)16-18-12-14-20(29-2)15-13-18/h3-15H,16-17H2,1-2H3,(H,25,27). The molecule has 29 heavy (non-hydrogen) atoms. The van der Waals surface area contributed by atoms with Gasteiger partial charge < -0.3 is 15.0 Å². The normalized spacial score (nSPS) is 10.3. The van der Waals surface area contributed by atoms with Crippen molar-refractivity contribution in [2.24, 2.45) is 0 Å². The van der Waals surface area contributed by atoms with Gasteiger partial charge in [0, 0.05) is 13.6 Å². The van der Waals surface area contributed by atoms with E-state index in [9.17, 15) is 9.59 Å². The summed E-state index contributed by atoms with van der Waals surface area (Å²) >= 11 is 0. The summed E-state index contributed by atoms with van der Waals surface area (Å²) < 4.78 is 5.13. The molecule has 5 nitrogen and oxygen atoms in total. The number of anilines is 1. The van der Waals surface area contributed by atoms with Gasteiger partial charge in [-0.2, -0.15) is 0 Å². The van der Waals surface area contributed by atoms with Crippen LogP contribution in [0.15, 0.2) is 78.9 Å². The van der Waals surface area contributed by atoms with Crippen molar-refractivity contribution in [1.29, 1.82) is 0 Å². The van der Waals surface area contributed by atoms with E-state index in [1.54, 1.807) is 43.3 Å². The molecule has 5 heteroatoms. The Morgan fingerprint density at radius 3 is 2.21 bits per heavy atom. The summed E-state index contributed by atoms with van der Waals surface area (Å²) in [6.45, 7) is 0.494. The van der Waals surface area contributed by atoms with Crippen LogP contribution in [0.1, 0.15) is 21.5 Å². The van der Waals surface area contributed by atoms with E-state index in [1.165, 1.54) is 0 Å². The van der Waals surface area contributed by atoms with Crippen molar-refractivity contribution in [3.05, 3.63) is 95.6 Å².